The van der Waals surface area contributed by atoms with Crippen molar-refractivity contribution in [3.63, 3.8) is 0 Å². The van der Waals surface area contributed by atoms with Crippen LogP contribution in [0.25, 0.3) is 0 Å². The Morgan fingerprint density at radius 1 is 1.17 bits per heavy atom. The number of anilines is 2. The summed E-state index contributed by atoms with van der Waals surface area (Å²) >= 11 is 0. The van der Waals surface area contributed by atoms with Crippen LogP contribution >= 0.6 is 0 Å². The van der Waals surface area contributed by atoms with E-state index in [-0.39, 0.29) is 29.8 Å². The molecule has 1 aliphatic carbocycles. The molecule has 1 aromatic carbocycles. The molecule has 0 unspecified atom stereocenters. The van der Waals surface area contributed by atoms with E-state index >= 15 is 0 Å². The van der Waals surface area contributed by atoms with Crippen molar-refractivity contribution in [3.05, 3.63) is 47.4 Å². The molecule has 7 nitrogen and oxygen atoms in total. The highest BCUT2D eigenvalue weighted by atomic mass is 16.2. The van der Waals surface area contributed by atoms with Gasteiger partial charge in [0.1, 0.15) is 5.82 Å². The molecule has 3 atom stereocenters. The smallest absolute Gasteiger partial charge is 0.251 e. The monoisotopic (exact) mass is 393 g/mol. The number of aryl methyl sites for hydroxylation is 1. The lowest BCUT2D eigenvalue weighted by atomic mass is 9.79. The first kappa shape index (κ1) is 19.4. The van der Waals surface area contributed by atoms with Crippen LogP contribution in [-0.4, -0.2) is 34.9 Å². The number of aromatic nitrogens is 2. The summed E-state index contributed by atoms with van der Waals surface area (Å²) in [5.74, 6) is 1.25. The molecule has 1 aliphatic heterocycles. The molecule has 2 aromatic rings. The van der Waals surface area contributed by atoms with E-state index in [2.05, 4.69) is 27.5 Å². The van der Waals surface area contributed by atoms with Gasteiger partial charge in [-0.2, -0.15) is 0 Å². The molecule has 0 spiro atoms. The lowest BCUT2D eigenvalue weighted by Gasteiger charge is -2.46. The van der Waals surface area contributed by atoms with Crippen molar-refractivity contribution >= 4 is 23.3 Å². The molecule has 2 aliphatic rings. The lowest BCUT2D eigenvalue weighted by molar-refractivity contribution is -0.117. The van der Waals surface area contributed by atoms with Crippen LogP contribution in [0.5, 0.6) is 0 Å². The summed E-state index contributed by atoms with van der Waals surface area (Å²) in [6.07, 6.45) is 5.74. The molecule has 29 heavy (non-hydrogen) atoms. The van der Waals surface area contributed by atoms with Gasteiger partial charge >= 0.3 is 0 Å². The number of carbonyl (C=O) groups is 2. The van der Waals surface area contributed by atoms with E-state index in [4.69, 9.17) is 0 Å². The largest absolute Gasteiger partial charge is 0.362 e. The second-order valence-corrected chi connectivity index (χ2v) is 8.09. The van der Waals surface area contributed by atoms with Gasteiger partial charge in [0.25, 0.3) is 5.91 Å². The zero-order chi connectivity index (χ0) is 20.7. The molecule has 152 valence electrons. The Hall–Kier alpha value is -2.96. The molecule has 2 heterocycles. The summed E-state index contributed by atoms with van der Waals surface area (Å²) in [5.41, 5.74) is 3.24. The van der Waals surface area contributed by atoms with Gasteiger partial charge in [-0.15, -0.1) is 0 Å². The number of carbonyl (C=O) groups excluding carboxylic acids is 2. The number of hydrogen-bond donors (Lipinski definition) is 2. The summed E-state index contributed by atoms with van der Waals surface area (Å²) in [6.45, 7) is 5.70. The predicted molar refractivity (Wildman–Crippen MR) is 112 cm³/mol. The van der Waals surface area contributed by atoms with E-state index in [1.807, 2.05) is 24.0 Å². The van der Waals surface area contributed by atoms with Crippen LogP contribution in [0.2, 0.25) is 0 Å². The minimum atomic E-state index is -0.145. The average molecular weight is 393 g/mol. The van der Waals surface area contributed by atoms with Crippen LogP contribution in [0, 0.1) is 18.8 Å². The van der Waals surface area contributed by atoms with Crippen molar-refractivity contribution in [2.75, 3.05) is 17.3 Å². The molecule has 1 saturated carbocycles. The van der Waals surface area contributed by atoms with Crippen molar-refractivity contribution < 1.29 is 9.59 Å². The molecule has 7 heteroatoms. The molecular weight excluding hydrogens is 366 g/mol. The third-order valence-corrected chi connectivity index (χ3v) is 6.00. The quantitative estimate of drug-likeness (QED) is 0.834. The third kappa shape index (κ3) is 3.57. The summed E-state index contributed by atoms with van der Waals surface area (Å²) in [4.78, 5) is 35.6. The first-order valence-electron chi connectivity index (χ1n) is 10.1. The van der Waals surface area contributed by atoms with Gasteiger partial charge < -0.3 is 15.5 Å². The fourth-order valence-electron chi connectivity index (χ4n) is 4.48. The fraction of sp³-hybridized carbons (Fsp3) is 0.455. The van der Waals surface area contributed by atoms with Crippen LogP contribution in [0.15, 0.2) is 30.6 Å². The highest BCUT2D eigenvalue weighted by Gasteiger charge is 2.47. The van der Waals surface area contributed by atoms with Crippen LogP contribution in [0.3, 0.4) is 0 Å². The Balaban J connectivity index is 1.82. The average Bonchev–Trinajstić information content (AvgIpc) is 3.54. The maximum absolute atomic E-state index is 12.6. The molecule has 0 saturated heterocycles. The van der Waals surface area contributed by atoms with Crippen molar-refractivity contribution in [3.8, 4) is 0 Å². The SMILES string of the molecule is CNC(=O)c1ccc2c(c1)[C@H](Nc1cnc(C)cn1)[C@@H](C)[C@H](C1CC1)N2C(C)=O. The molecule has 1 fully saturated rings. The topological polar surface area (TPSA) is 87.2 Å². The highest BCUT2D eigenvalue weighted by Crippen LogP contribution is 2.50. The van der Waals surface area contributed by atoms with Gasteiger partial charge in [-0.05, 0) is 49.4 Å². The number of amides is 2. The van der Waals surface area contributed by atoms with Gasteiger partial charge in [-0.1, -0.05) is 6.92 Å². The van der Waals surface area contributed by atoms with Gasteiger partial charge in [0.15, 0.2) is 0 Å². The maximum Gasteiger partial charge on any atom is 0.251 e. The molecular formula is C22H27N5O2. The number of benzene rings is 1. The molecule has 2 N–H and O–H groups in total. The first-order valence-corrected chi connectivity index (χ1v) is 10.1. The van der Waals surface area contributed by atoms with Gasteiger partial charge in [0.2, 0.25) is 5.91 Å². The molecule has 0 bridgehead atoms. The Morgan fingerprint density at radius 3 is 2.52 bits per heavy atom. The number of rotatable bonds is 4. The summed E-state index contributed by atoms with van der Waals surface area (Å²) < 4.78 is 0. The Labute approximate surface area is 170 Å². The number of hydrogen-bond acceptors (Lipinski definition) is 5. The second kappa shape index (κ2) is 7.46. The van der Waals surface area contributed by atoms with Crippen LogP contribution < -0.4 is 15.5 Å². The van der Waals surface area contributed by atoms with Crippen molar-refractivity contribution in [2.24, 2.45) is 11.8 Å². The van der Waals surface area contributed by atoms with E-state index < -0.39 is 0 Å². The van der Waals surface area contributed by atoms with Crippen molar-refractivity contribution in [2.45, 2.75) is 45.7 Å². The van der Waals surface area contributed by atoms with E-state index in [9.17, 15) is 9.59 Å². The van der Waals surface area contributed by atoms with Gasteiger partial charge in [-0.3, -0.25) is 14.6 Å². The molecule has 0 radical (unpaired) electrons. The third-order valence-electron chi connectivity index (χ3n) is 6.00. The minimum Gasteiger partial charge on any atom is -0.362 e. The predicted octanol–water partition coefficient (Wildman–Crippen LogP) is 3.08. The first-order chi connectivity index (χ1) is 13.9. The molecule has 1 aromatic heterocycles. The van der Waals surface area contributed by atoms with Gasteiger partial charge in [0.05, 0.1) is 24.1 Å². The Morgan fingerprint density at radius 2 is 1.93 bits per heavy atom. The minimum absolute atomic E-state index is 0.0382. The maximum atomic E-state index is 12.6. The van der Waals surface area contributed by atoms with Gasteiger partial charge in [-0.25, -0.2) is 4.98 Å². The number of fused-ring (bicyclic) bond motifs is 1. The van der Waals surface area contributed by atoms with E-state index in [1.165, 1.54) is 0 Å². The summed E-state index contributed by atoms with van der Waals surface area (Å²) in [7, 11) is 1.62. The van der Waals surface area contributed by atoms with Crippen LogP contribution in [0.4, 0.5) is 11.5 Å². The highest BCUT2D eigenvalue weighted by molar-refractivity contribution is 5.98. The summed E-state index contributed by atoms with van der Waals surface area (Å²) in [6, 6.07) is 5.63. The molecule has 2 amide bonds. The zero-order valence-corrected chi connectivity index (χ0v) is 17.3. The summed E-state index contributed by atoms with van der Waals surface area (Å²) in [5, 5.41) is 6.21. The lowest BCUT2D eigenvalue weighted by Crippen LogP contribution is -2.51. The Kier molecular flexibility index (Phi) is 4.98. The van der Waals surface area contributed by atoms with Crippen molar-refractivity contribution in [1.82, 2.24) is 15.3 Å². The van der Waals surface area contributed by atoms with Gasteiger partial charge in [0, 0.05) is 37.2 Å². The fourth-order valence-corrected chi connectivity index (χ4v) is 4.48. The second-order valence-electron chi connectivity index (χ2n) is 8.09. The zero-order valence-electron chi connectivity index (χ0n) is 17.3. The van der Waals surface area contributed by atoms with Crippen LogP contribution in [0.1, 0.15) is 54.3 Å². The number of nitrogens with one attached hydrogen (secondary N) is 2. The standard InChI is InChI=1S/C22H27N5O2/c1-12-10-25-19(11-24-12)26-20-13(2)21(15-5-6-15)27(14(3)28)18-8-7-16(9-17(18)20)22(29)23-4/h7-11,13,15,20-21H,5-6H2,1-4H3,(H,23,29)(H,25,26)/t13-,20-,21-/m1/s1. The van der Waals surface area contributed by atoms with E-state index in [0.29, 0.717) is 17.3 Å². The normalized spacial score (nSPS) is 23.3. The van der Waals surface area contributed by atoms with E-state index in [0.717, 1.165) is 29.8 Å². The van der Waals surface area contributed by atoms with Crippen molar-refractivity contribution in [1.29, 1.82) is 0 Å². The molecule has 4 rings (SSSR count). The van der Waals surface area contributed by atoms with E-state index in [1.54, 1.807) is 32.4 Å². The van der Waals surface area contributed by atoms with Crippen LogP contribution in [-0.2, 0) is 4.79 Å². The Bertz CT molecular complexity index is 939. The number of nitrogens with zero attached hydrogens (tertiary/aromatic N) is 3.